The van der Waals surface area contributed by atoms with Crippen LogP contribution in [0.25, 0.3) is 0 Å². The molecule has 0 saturated carbocycles. The maximum absolute atomic E-state index is 9.99. The Bertz CT molecular complexity index is 154. The van der Waals surface area contributed by atoms with E-state index in [2.05, 4.69) is 0 Å². The van der Waals surface area contributed by atoms with Crippen molar-refractivity contribution < 1.29 is 90.1 Å². The van der Waals surface area contributed by atoms with Gasteiger partial charge in [0, 0.05) is 6.42 Å². The van der Waals surface area contributed by atoms with Crippen LogP contribution in [0.4, 0.5) is 0 Å². The van der Waals surface area contributed by atoms with Crippen LogP contribution in [0.3, 0.4) is 0 Å². The van der Waals surface area contributed by atoms with Crippen LogP contribution in [0.2, 0.25) is 0 Å². The number of carbonyl (C=O) groups is 2. The molecule has 0 heterocycles. The zero-order chi connectivity index (χ0) is 8.15. The topological polar surface area (TPSA) is 101 Å². The molecule has 0 aromatic heterocycles. The van der Waals surface area contributed by atoms with E-state index in [4.69, 9.17) is 15.9 Å². The molecule has 0 rings (SSSR count). The largest absolute Gasteiger partial charge is 1.00 e. The fourth-order valence-electron chi connectivity index (χ4n) is 0.402. The van der Waals surface area contributed by atoms with Gasteiger partial charge in [-0.05, 0) is 6.42 Å². The van der Waals surface area contributed by atoms with Crippen LogP contribution in [0.15, 0.2) is 0 Å². The molecule has 0 amide bonds. The molecular formula is C5H10CsNO4. The molecule has 0 spiro atoms. The summed E-state index contributed by atoms with van der Waals surface area (Å²) in [5.41, 5.74) is 5.00. The molecule has 1 unspecified atom stereocenters. The summed E-state index contributed by atoms with van der Waals surface area (Å²) < 4.78 is 0. The third-order valence-electron chi connectivity index (χ3n) is 0.986. The van der Waals surface area contributed by atoms with E-state index in [0.717, 1.165) is 0 Å². The van der Waals surface area contributed by atoms with Crippen molar-refractivity contribution in [1.29, 1.82) is 0 Å². The zero-order valence-corrected chi connectivity index (χ0v) is 12.6. The van der Waals surface area contributed by atoms with Crippen molar-refractivity contribution in [2.45, 2.75) is 18.9 Å². The Morgan fingerprint density at radius 2 is 1.91 bits per heavy atom. The van der Waals surface area contributed by atoms with Gasteiger partial charge < -0.3 is 17.4 Å². The monoisotopic (exact) mass is 281 g/mol. The first-order valence-corrected chi connectivity index (χ1v) is 2.74. The van der Waals surface area contributed by atoms with Crippen molar-refractivity contribution in [1.82, 2.24) is 0 Å². The van der Waals surface area contributed by atoms with E-state index < -0.39 is 18.0 Å². The number of hydrogen-bond acceptors (Lipinski definition) is 3. The number of carboxylic acid groups (broad SMARTS) is 2. The molecule has 5 nitrogen and oxygen atoms in total. The average Bonchev–Trinajstić information content (AvgIpc) is 1.82. The molecular weight excluding hydrogens is 271 g/mol. The Kier molecular flexibility index (Phi) is 9.99. The Morgan fingerprint density at radius 3 is 2.18 bits per heavy atom. The minimum Gasteiger partial charge on any atom is -1.00 e. The summed E-state index contributed by atoms with van der Waals surface area (Å²) in [6.45, 7) is 0. The van der Waals surface area contributed by atoms with Gasteiger partial charge in [-0.1, -0.05) is 0 Å². The maximum atomic E-state index is 9.99. The minimum atomic E-state index is -1.17. The summed E-state index contributed by atoms with van der Waals surface area (Å²) in [7, 11) is 0. The van der Waals surface area contributed by atoms with Crippen LogP contribution in [0, 0.1) is 0 Å². The van der Waals surface area contributed by atoms with Gasteiger partial charge >= 0.3 is 80.8 Å². The van der Waals surface area contributed by atoms with E-state index in [1.807, 2.05) is 0 Å². The molecule has 0 aliphatic heterocycles. The summed E-state index contributed by atoms with van der Waals surface area (Å²) >= 11 is 0. The van der Waals surface area contributed by atoms with Gasteiger partial charge in [0.2, 0.25) is 0 Å². The average molecular weight is 281 g/mol. The third kappa shape index (κ3) is 8.86. The number of rotatable bonds is 4. The van der Waals surface area contributed by atoms with Gasteiger partial charge in [-0.2, -0.15) is 0 Å². The standard InChI is InChI=1S/C5H9NO4.Cs.H/c6-3(5(9)10)1-2-4(7)8;;/h3H,1-2,6H2,(H,7,8)(H,9,10);;/q;+1;-1. The molecule has 60 valence electrons. The Hall–Kier alpha value is 0.952. The predicted octanol–water partition coefficient (Wildman–Crippen LogP) is -3.62. The predicted molar refractivity (Wildman–Crippen MR) is 33.6 cm³/mol. The second-order valence-corrected chi connectivity index (χ2v) is 1.88. The molecule has 6 heteroatoms. The van der Waals surface area contributed by atoms with Crippen molar-refractivity contribution in [3.05, 3.63) is 0 Å². The second kappa shape index (κ2) is 7.59. The molecule has 0 aliphatic rings. The molecule has 0 aromatic carbocycles. The smallest absolute Gasteiger partial charge is 1.00 e. The van der Waals surface area contributed by atoms with Gasteiger partial charge in [-0.25, -0.2) is 0 Å². The quantitative estimate of drug-likeness (QED) is 0.494. The molecule has 0 aromatic rings. The first-order chi connectivity index (χ1) is 4.54. The van der Waals surface area contributed by atoms with Crippen LogP contribution in [-0.2, 0) is 9.59 Å². The van der Waals surface area contributed by atoms with Gasteiger partial charge in [0.1, 0.15) is 6.04 Å². The zero-order valence-electron chi connectivity index (χ0n) is 7.28. The number of hydrogen-bond donors (Lipinski definition) is 3. The number of aliphatic carboxylic acids is 2. The van der Waals surface area contributed by atoms with Gasteiger partial charge in [0.05, 0.1) is 0 Å². The van der Waals surface area contributed by atoms with Crippen LogP contribution in [0.1, 0.15) is 14.3 Å². The van der Waals surface area contributed by atoms with E-state index in [1.165, 1.54) is 0 Å². The third-order valence-corrected chi connectivity index (χ3v) is 0.986. The molecule has 1 atom stereocenters. The molecule has 0 fully saturated rings. The fraction of sp³-hybridized carbons (Fsp3) is 0.600. The maximum Gasteiger partial charge on any atom is 1.00 e. The van der Waals surface area contributed by atoms with Crippen molar-refractivity contribution >= 4 is 11.9 Å². The summed E-state index contributed by atoms with van der Waals surface area (Å²) in [6.07, 6.45) is -0.224. The van der Waals surface area contributed by atoms with E-state index in [0.29, 0.717) is 0 Å². The summed E-state index contributed by atoms with van der Waals surface area (Å²) in [6, 6.07) is -1.06. The van der Waals surface area contributed by atoms with Crippen LogP contribution < -0.4 is 74.6 Å². The van der Waals surface area contributed by atoms with Gasteiger partial charge in [-0.15, -0.1) is 0 Å². The van der Waals surface area contributed by atoms with Crippen molar-refractivity contribution in [3.8, 4) is 0 Å². The van der Waals surface area contributed by atoms with Crippen LogP contribution in [-0.4, -0.2) is 28.2 Å². The van der Waals surface area contributed by atoms with E-state index in [1.54, 1.807) is 0 Å². The summed E-state index contributed by atoms with van der Waals surface area (Å²) in [5, 5.41) is 16.3. The van der Waals surface area contributed by atoms with Gasteiger partial charge in [0.15, 0.2) is 0 Å². The normalized spacial score (nSPS) is 11.4. The van der Waals surface area contributed by atoms with Gasteiger partial charge in [-0.3, -0.25) is 9.59 Å². The Labute approximate surface area is 124 Å². The molecule has 0 saturated heterocycles. The molecule has 0 radical (unpaired) electrons. The second-order valence-electron chi connectivity index (χ2n) is 1.88. The first-order valence-electron chi connectivity index (χ1n) is 2.74. The van der Waals surface area contributed by atoms with E-state index >= 15 is 0 Å². The van der Waals surface area contributed by atoms with Crippen LogP contribution >= 0.6 is 0 Å². The Balaban J connectivity index is -0.000000405. The van der Waals surface area contributed by atoms with Crippen LogP contribution in [0.5, 0.6) is 0 Å². The molecule has 11 heavy (non-hydrogen) atoms. The summed E-state index contributed by atoms with van der Waals surface area (Å²) in [5.74, 6) is -2.20. The SMILES string of the molecule is NC(CCC(=O)O)C(=O)O.[Cs+].[H-]. The number of nitrogens with two attached hydrogens (primary N) is 1. The summed E-state index contributed by atoms with van der Waals surface area (Å²) in [4.78, 5) is 19.9. The first kappa shape index (κ1) is 14.5. The molecule has 0 aliphatic carbocycles. The Morgan fingerprint density at radius 1 is 1.45 bits per heavy atom. The fourth-order valence-corrected chi connectivity index (χ4v) is 0.402. The van der Waals surface area contributed by atoms with Crippen molar-refractivity contribution in [3.63, 3.8) is 0 Å². The number of carboxylic acids is 2. The molecule has 4 N–H and O–H groups in total. The van der Waals surface area contributed by atoms with E-state index in [-0.39, 0.29) is 83.2 Å². The van der Waals surface area contributed by atoms with Crippen molar-refractivity contribution in [2.24, 2.45) is 5.73 Å². The minimum absolute atomic E-state index is 0. The van der Waals surface area contributed by atoms with Gasteiger partial charge in [0.25, 0.3) is 0 Å². The molecule has 0 bridgehead atoms. The van der Waals surface area contributed by atoms with E-state index in [9.17, 15) is 9.59 Å². The van der Waals surface area contributed by atoms with Crippen molar-refractivity contribution in [2.75, 3.05) is 0 Å².